The van der Waals surface area contributed by atoms with Gasteiger partial charge in [0.15, 0.2) is 0 Å². The fourth-order valence-corrected chi connectivity index (χ4v) is 3.66. The minimum atomic E-state index is -0.427. The monoisotopic (exact) mass is 359 g/mol. The van der Waals surface area contributed by atoms with Crippen molar-refractivity contribution in [3.8, 4) is 0 Å². The summed E-state index contributed by atoms with van der Waals surface area (Å²) in [5.74, 6) is -0.0736. The average molecular weight is 360 g/mol. The summed E-state index contributed by atoms with van der Waals surface area (Å²) >= 11 is 3.19. The molecule has 1 N–H and O–H groups in total. The molecule has 3 unspecified atom stereocenters. The lowest BCUT2D eigenvalue weighted by Crippen LogP contribution is -2.35. The van der Waals surface area contributed by atoms with Gasteiger partial charge >= 0.3 is 0 Å². The Morgan fingerprint density at radius 2 is 2.00 bits per heavy atom. The van der Waals surface area contributed by atoms with E-state index in [2.05, 4.69) is 42.0 Å². The van der Waals surface area contributed by atoms with Crippen molar-refractivity contribution in [2.24, 2.45) is 11.8 Å². The molecule has 0 amide bonds. The van der Waals surface area contributed by atoms with Crippen LogP contribution in [0.1, 0.15) is 51.5 Å². The Kier molecular flexibility index (Phi) is 5.78. The Bertz CT molecular complexity index is 490. The fourth-order valence-electron chi connectivity index (χ4n) is 3.31. The Hall–Kier alpha value is -0.480. The zero-order chi connectivity index (χ0) is 15.6. The minimum Gasteiger partial charge on any atom is -0.314 e. The molecule has 1 saturated carbocycles. The van der Waals surface area contributed by atoms with Crippen molar-refractivity contribution in [2.45, 2.75) is 52.0 Å². The number of rotatable bonds is 4. The first-order valence-corrected chi connectivity index (χ1v) is 8.56. The molecule has 1 aliphatic carbocycles. The molecule has 118 valence electrons. The number of benzene rings is 1. The van der Waals surface area contributed by atoms with Crippen LogP contribution in [0.2, 0.25) is 0 Å². The second-order valence-corrected chi connectivity index (χ2v) is 7.46. The van der Waals surface area contributed by atoms with Gasteiger partial charge in [0, 0.05) is 11.6 Å². The van der Waals surface area contributed by atoms with Crippen LogP contribution >= 0.6 is 15.9 Å². The average Bonchev–Trinajstić information content (AvgIpc) is 2.42. The van der Waals surface area contributed by atoms with E-state index in [-0.39, 0.29) is 11.5 Å². The van der Waals surface area contributed by atoms with E-state index in [1.54, 1.807) is 0 Å². The van der Waals surface area contributed by atoms with Gasteiger partial charge in [0.25, 0.3) is 0 Å². The molecule has 1 aliphatic rings. The Labute approximate surface area is 134 Å². The molecule has 1 nitrogen and oxygen atoms in total. The van der Waals surface area contributed by atoms with E-state index in [0.717, 1.165) is 25.8 Å². The topological polar surface area (TPSA) is 12.0 Å². The molecule has 1 fully saturated rings. The van der Waals surface area contributed by atoms with Gasteiger partial charge in [-0.05, 0) is 65.2 Å². The van der Waals surface area contributed by atoms with Gasteiger partial charge in [-0.15, -0.1) is 0 Å². The maximum absolute atomic E-state index is 14.4. The third-order valence-corrected chi connectivity index (χ3v) is 5.11. The molecular formula is C17H24BrF2N. The summed E-state index contributed by atoms with van der Waals surface area (Å²) in [5, 5.41) is 3.43. The van der Waals surface area contributed by atoms with Gasteiger partial charge in [-0.2, -0.15) is 0 Å². The van der Waals surface area contributed by atoms with E-state index in [1.807, 2.05) is 0 Å². The molecule has 1 aromatic carbocycles. The first-order chi connectivity index (χ1) is 9.90. The summed E-state index contributed by atoms with van der Waals surface area (Å²) < 4.78 is 29.0. The highest BCUT2D eigenvalue weighted by Crippen LogP contribution is 2.43. The lowest BCUT2D eigenvalue weighted by Gasteiger charge is -2.36. The lowest BCUT2D eigenvalue weighted by atomic mass is 9.71. The highest BCUT2D eigenvalue weighted by atomic mass is 79.9. The van der Waals surface area contributed by atoms with Crippen LogP contribution in [-0.2, 0) is 0 Å². The Morgan fingerprint density at radius 3 is 2.67 bits per heavy atom. The molecule has 0 spiro atoms. The molecule has 0 aliphatic heterocycles. The smallest absolute Gasteiger partial charge is 0.143 e. The van der Waals surface area contributed by atoms with Crippen LogP contribution in [0.3, 0.4) is 0 Å². The largest absolute Gasteiger partial charge is 0.314 e. The molecule has 4 heteroatoms. The van der Waals surface area contributed by atoms with Crippen LogP contribution in [-0.4, -0.2) is 12.6 Å². The molecule has 21 heavy (non-hydrogen) atoms. The zero-order valence-corrected chi connectivity index (χ0v) is 14.5. The first kappa shape index (κ1) is 16.9. The summed E-state index contributed by atoms with van der Waals surface area (Å²) in [6, 6.07) is 3.21. The van der Waals surface area contributed by atoms with Gasteiger partial charge in [0.2, 0.25) is 0 Å². The van der Waals surface area contributed by atoms with E-state index < -0.39 is 11.6 Å². The van der Waals surface area contributed by atoms with Gasteiger partial charge < -0.3 is 5.32 Å². The molecule has 2 rings (SSSR count). The van der Waals surface area contributed by atoms with Crippen molar-refractivity contribution in [3.05, 3.63) is 33.8 Å². The summed E-state index contributed by atoms with van der Waals surface area (Å²) in [6.45, 7) is 7.19. The first-order valence-electron chi connectivity index (χ1n) is 7.77. The summed E-state index contributed by atoms with van der Waals surface area (Å²) in [4.78, 5) is 0. The quantitative estimate of drug-likeness (QED) is 0.724. The summed E-state index contributed by atoms with van der Waals surface area (Å²) in [6.07, 6.45) is 3.02. The van der Waals surface area contributed by atoms with Gasteiger partial charge in [0.1, 0.15) is 11.6 Å². The summed E-state index contributed by atoms with van der Waals surface area (Å²) in [7, 11) is 0. The van der Waals surface area contributed by atoms with Crippen molar-refractivity contribution >= 4 is 15.9 Å². The zero-order valence-electron chi connectivity index (χ0n) is 12.9. The predicted molar refractivity (Wildman–Crippen MR) is 86.4 cm³/mol. The molecule has 0 radical (unpaired) electrons. The van der Waals surface area contributed by atoms with Crippen LogP contribution in [0.15, 0.2) is 16.6 Å². The van der Waals surface area contributed by atoms with Crippen molar-refractivity contribution < 1.29 is 8.78 Å². The van der Waals surface area contributed by atoms with E-state index >= 15 is 0 Å². The number of nitrogens with one attached hydrogen (secondary N) is 1. The van der Waals surface area contributed by atoms with Crippen molar-refractivity contribution in [1.29, 1.82) is 0 Å². The van der Waals surface area contributed by atoms with Crippen LogP contribution in [0.4, 0.5) is 8.78 Å². The minimum absolute atomic E-state index is 0.0440. The molecule has 3 atom stereocenters. The standard InChI is InChI=1S/C17H24BrF2N/c1-10(2)21-9-12-5-4-11(3)8-13(12)16-15(19)7-6-14(18)17(16)20/h6-7,10-13,21H,4-5,8-9H2,1-3H3. The van der Waals surface area contributed by atoms with E-state index in [4.69, 9.17) is 0 Å². The van der Waals surface area contributed by atoms with Crippen molar-refractivity contribution in [3.63, 3.8) is 0 Å². The van der Waals surface area contributed by atoms with Crippen LogP contribution in [0.5, 0.6) is 0 Å². The normalized spacial score (nSPS) is 26.3. The second-order valence-electron chi connectivity index (χ2n) is 6.60. The van der Waals surface area contributed by atoms with E-state index in [0.29, 0.717) is 22.4 Å². The maximum Gasteiger partial charge on any atom is 0.143 e. The molecule has 0 saturated heterocycles. The SMILES string of the molecule is CC1CCC(CNC(C)C)C(c2c(F)ccc(Br)c2F)C1. The lowest BCUT2D eigenvalue weighted by molar-refractivity contribution is 0.230. The third kappa shape index (κ3) is 4.04. The van der Waals surface area contributed by atoms with Gasteiger partial charge in [0.05, 0.1) is 4.47 Å². The highest BCUT2D eigenvalue weighted by molar-refractivity contribution is 9.10. The Morgan fingerprint density at radius 1 is 1.29 bits per heavy atom. The maximum atomic E-state index is 14.4. The molecule has 0 aromatic heterocycles. The van der Waals surface area contributed by atoms with Gasteiger partial charge in [-0.1, -0.05) is 27.2 Å². The van der Waals surface area contributed by atoms with E-state index in [1.165, 1.54) is 12.1 Å². The third-order valence-electron chi connectivity index (χ3n) is 4.49. The summed E-state index contributed by atoms with van der Waals surface area (Å²) in [5.41, 5.74) is 0.270. The molecule has 0 heterocycles. The van der Waals surface area contributed by atoms with Crippen LogP contribution < -0.4 is 5.32 Å². The number of hydrogen-bond donors (Lipinski definition) is 1. The molecule has 0 bridgehead atoms. The number of halogens is 3. The van der Waals surface area contributed by atoms with E-state index in [9.17, 15) is 8.78 Å². The molecular weight excluding hydrogens is 336 g/mol. The van der Waals surface area contributed by atoms with Gasteiger partial charge in [-0.3, -0.25) is 0 Å². The second kappa shape index (κ2) is 7.19. The van der Waals surface area contributed by atoms with Crippen molar-refractivity contribution in [2.75, 3.05) is 6.54 Å². The Balaban J connectivity index is 2.30. The van der Waals surface area contributed by atoms with Crippen LogP contribution in [0.25, 0.3) is 0 Å². The van der Waals surface area contributed by atoms with Gasteiger partial charge in [-0.25, -0.2) is 8.78 Å². The van der Waals surface area contributed by atoms with Crippen molar-refractivity contribution in [1.82, 2.24) is 5.32 Å². The predicted octanol–water partition coefficient (Wildman–Crippen LogP) is 5.25. The molecule has 1 aromatic rings. The fraction of sp³-hybridized carbons (Fsp3) is 0.647. The number of hydrogen-bond acceptors (Lipinski definition) is 1. The van der Waals surface area contributed by atoms with Crippen LogP contribution in [0, 0.1) is 23.5 Å². The highest BCUT2D eigenvalue weighted by Gasteiger charge is 2.33.